The Morgan fingerprint density at radius 2 is 1.65 bits per heavy atom. The fraction of sp³-hybridized carbons (Fsp3) is 0.286. The second-order valence-electron chi connectivity index (χ2n) is 4.48. The summed E-state index contributed by atoms with van der Waals surface area (Å²) in [6, 6.07) is 6.83. The summed E-state index contributed by atoms with van der Waals surface area (Å²) in [6.45, 7) is 3.38. The summed E-state index contributed by atoms with van der Waals surface area (Å²) in [4.78, 5) is 23.0. The van der Waals surface area contributed by atoms with E-state index in [-0.39, 0.29) is 5.91 Å². The van der Waals surface area contributed by atoms with Crippen LogP contribution < -0.4 is 16.0 Å². The molecule has 2 rings (SSSR count). The molecule has 6 heteroatoms. The number of hydrogen-bond donors (Lipinski definition) is 3. The molecule has 20 heavy (non-hydrogen) atoms. The predicted octanol–water partition coefficient (Wildman–Crippen LogP) is 1.72. The number of nitrogens with one attached hydrogen (secondary N) is 3. The van der Waals surface area contributed by atoms with Gasteiger partial charge in [-0.3, -0.25) is 10.1 Å². The van der Waals surface area contributed by atoms with Gasteiger partial charge in [-0.1, -0.05) is 0 Å². The molecule has 1 aliphatic heterocycles. The van der Waals surface area contributed by atoms with E-state index in [1.54, 1.807) is 24.3 Å². The number of ether oxygens (including phenoxy) is 1. The lowest BCUT2D eigenvalue weighted by atomic mass is 10.0. The van der Waals surface area contributed by atoms with E-state index in [1.807, 2.05) is 6.92 Å². The molecule has 1 aromatic carbocycles. The van der Waals surface area contributed by atoms with Gasteiger partial charge >= 0.3 is 6.09 Å². The number of rotatable bonds is 3. The minimum Gasteiger partial charge on any atom is -0.453 e. The third kappa shape index (κ3) is 3.36. The van der Waals surface area contributed by atoms with Crippen LogP contribution in [0.2, 0.25) is 0 Å². The minimum absolute atomic E-state index is 0.102. The zero-order chi connectivity index (χ0) is 14.5. The molecule has 1 aliphatic rings. The van der Waals surface area contributed by atoms with Crippen LogP contribution in [0.1, 0.15) is 6.92 Å². The number of amides is 2. The van der Waals surface area contributed by atoms with Crippen molar-refractivity contribution in [3.8, 4) is 0 Å². The highest BCUT2D eigenvalue weighted by molar-refractivity contribution is 6.04. The first-order valence-electron chi connectivity index (χ1n) is 6.26. The first kappa shape index (κ1) is 14.1. The molecule has 0 spiro atoms. The van der Waals surface area contributed by atoms with E-state index in [1.165, 1.54) is 7.11 Å². The smallest absolute Gasteiger partial charge is 0.411 e. The summed E-state index contributed by atoms with van der Waals surface area (Å²) < 4.78 is 4.49. The molecule has 1 fully saturated rings. The van der Waals surface area contributed by atoms with Crippen molar-refractivity contribution in [1.29, 1.82) is 0 Å². The Labute approximate surface area is 117 Å². The van der Waals surface area contributed by atoms with Crippen molar-refractivity contribution in [1.82, 2.24) is 5.32 Å². The van der Waals surface area contributed by atoms with Crippen LogP contribution in [-0.4, -0.2) is 32.2 Å². The lowest BCUT2D eigenvalue weighted by Crippen LogP contribution is -2.36. The average molecular weight is 275 g/mol. The highest BCUT2D eigenvalue weighted by Crippen LogP contribution is 2.16. The van der Waals surface area contributed by atoms with Crippen LogP contribution in [0, 0.1) is 0 Å². The van der Waals surface area contributed by atoms with Crippen molar-refractivity contribution >= 4 is 23.4 Å². The van der Waals surface area contributed by atoms with Gasteiger partial charge in [0.2, 0.25) is 0 Å². The quantitative estimate of drug-likeness (QED) is 0.734. The maximum atomic E-state index is 12.0. The maximum Gasteiger partial charge on any atom is 0.411 e. The summed E-state index contributed by atoms with van der Waals surface area (Å²) >= 11 is 0. The third-order valence-electron chi connectivity index (χ3n) is 3.12. The van der Waals surface area contributed by atoms with E-state index in [0.29, 0.717) is 11.4 Å². The molecule has 0 aliphatic carbocycles. The molecule has 0 bridgehead atoms. The summed E-state index contributed by atoms with van der Waals surface area (Å²) in [7, 11) is 1.30. The van der Waals surface area contributed by atoms with Crippen molar-refractivity contribution in [3.05, 3.63) is 35.4 Å². The van der Waals surface area contributed by atoms with Crippen molar-refractivity contribution in [3.63, 3.8) is 0 Å². The average Bonchev–Trinajstić information content (AvgIpc) is 2.38. The number of carbonyl (C=O) groups excluding carboxylic acids is 2. The number of anilines is 2. The van der Waals surface area contributed by atoms with Crippen LogP contribution in [0.3, 0.4) is 0 Å². The molecular formula is C14H17N3O3. The Morgan fingerprint density at radius 1 is 1.10 bits per heavy atom. The molecular weight excluding hydrogens is 258 g/mol. The first-order chi connectivity index (χ1) is 9.60. The van der Waals surface area contributed by atoms with Crippen molar-refractivity contribution in [2.75, 3.05) is 30.8 Å². The molecule has 106 valence electrons. The van der Waals surface area contributed by atoms with Crippen LogP contribution in [-0.2, 0) is 9.53 Å². The molecule has 1 aromatic rings. The molecule has 1 saturated heterocycles. The van der Waals surface area contributed by atoms with Crippen LogP contribution in [0.4, 0.5) is 16.2 Å². The van der Waals surface area contributed by atoms with E-state index in [9.17, 15) is 9.59 Å². The first-order valence-corrected chi connectivity index (χ1v) is 6.26. The summed E-state index contributed by atoms with van der Waals surface area (Å²) in [6.07, 6.45) is -0.528. The SMILES string of the molecule is COC(=O)Nc1ccc(NC(=O)C(C)=C2CNC2)cc1. The Morgan fingerprint density at radius 3 is 2.10 bits per heavy atom. The largest absolute Gasteiger partial charge is 0.453 e. The standard InChI is InChI=1S/C14H17N3O3/c1-9(10-7-15-8-10)13(18)16-11-3-5-12(6-4-11)17-14(19)20-2/h3-6,15H,7-8H2,1-2H3,(H,16,18)(H,17,19). The van der Waals surface area contributed by atoms with Gasteiger partial charge in [-0.05, 0) is 36.8 Å². The van der Waals surface area contributed by atoms with E-state index in [0.717, 1.165) is 24.2 Å². The van der Waals surface area contributed by atoms with E-state index < -0.39 is 6.09 Å². The third-order valence-corrected chi connectivity index (χ3v) is 3.12. The monoisotopic (exact) mass is 275 g/mol. The van der Waals surface area contributed by atoms with Gasteiger partial charge in [0.25, 0.3) is 5.91 Å². The van der Waals surface area contributed by atoms with Gasteiger partial charge in [-0.15, -0.1) is 0 Å². The highest BCUT2D eigenvalue weighted by atomic mass is 16.5. The van der Waals surface area contributed by atoms with Gasteiger partial charge in [-0.2, -0.15) is 0 Å². The summed E-state index contributed by atoms with van der Waals surface area (Å²) in [5.74, 6) is -0.102. The molecule has 0 atom stereocenters. The Bertz CT molecular complexity index is 543. The van der Waals surface area contributed by atoms with Crippen molar-refractivity contribution in [2.45, 2.75) is 6.92 Å². The number of benzene rings is 1. The molecule has 2 amide bonds. The van der Waals surface area contributed by atoms with Crippen LogP contribution >= 0.6 is 0 Å². The number of hydrogen-bond acceptors (Lipinski definition) is 4. The minimum atomic E-state index is -0.528. The maximum absolute atomic E-state index is 12.0. The lowest BCUT2D eigenvalue weighted by molar-refractivity contribution is -0.112. The molecule has 3 N–H and O–H groups in total. The van der Waals surface area contributed by atoms with Crippen molar-refractivity contribution in [2.24, 2.45) is 0 Å². The van der Waals surface area contributed by atoms with Gasteiger partial charge in [-0.25, -0.2) is 4.79 Å². The molecule has 1 heterocycles. The number of carbonyl (C=O) groups is 2. The van der Waals surface area contributed by atoms with E-state index in [2.05, 4.69) is 20.7 Å². The van der Waals surface area contributed by atoms with Gasteiger partial charge < -0.3 is 15.4 Å². The topological polar surface area (TPSA) is 79.5 Å². The Balaban J connectivity index is 1.96. The van der Waals surface area contributed by atoms with Crippen LogP contribution in [0.5, 0.6) is 0 Å². The fourth-order valence-electron chi connectivity index (χ4n) is 1.71. The second-order valence-corrected chi connectivity index (χ2v) is 4.48. The van der Waals surface area contributed by atoms with E-state index >= 15 is 0 Å². The summed E-state index contributed by atoms with van der Waals surface area (Å²) in [5.41, 5.74) is 3.16. The Kier molecular flexibility index (Phi) is 4.37. The van der Waals surface area contributed by atoms with Crippen LogP contribution in [0.15, 0.2) is 35.4 Å². The molecule has 0 radical (unpaired) electrons. The van der Waals surface area contributed by atoms with E-state index in [4.69, 9.17) is 0 Å². The fourth-order valence-corrected chi connectivity index (χ4v) is 1.71. The predicted molar refractivity (Wildman–Crippen MR) is 76.7 cm³/mol. The van der Waals surface area contributed by atoms with Gasteiger partial charge in [0.15, 0.2) is 0 Å². The highest BCUT2D eigenvalue weighted by Gasteiger charge is 2.15. The number of methoxy groups -OCH3 is 1. The van der Waals surface area contributed by atoms with Crippen molar-refractivity contribution < 1.29 is 14.3 Å². The lowest BCUT2D eigenvalue weighted by Gasteiger charge is -2.21. The van der Waals surface area contributed by atoms with Gasteiger partial charge in [0.05, 0.1) is 7.11 Å². The van der Waals surface area contributed by atoms with Gasteiger partial charge in [0.1, 0.15) is 0 Å². The molecule has 6 nitrogen and oxygen atoms in total. The second kappa shape index (κ2) is 6.21. The normalized spacial score (nSPS) is 13.2. The van der Waals surface area contributed by atoms with Gasteiger partial charge in [0, 0.05) is 30.0 Å². The Hall–Kier alpha value is -2.34. The zero-order valence-electron chi connectivity index (χ0n) is 11.4. The zero-order valence-corrected chi connectivity index (χ0v) is 11.4. The molecule has 0 saturated carbocycles. The molecule has 0 aromatic heterocycles. The molecule has 0 unspecified atom stereocenters. The van der Waals surface area contributed by atoms with Crippen LogP contribution in [0.25, 0.3) is 0 Å². The summed E-state index contributed by atoms with van der Waals surface area (Å²) in [5, 5.41) is 8.46.